The molecule has 3 unspecified atom stereocenters. The zero-order valence-electron chi connectivity index (χ0n) is 21.7. The van der Waals surface area contributed by atoms with Crippen molar-refractivity contribution in [1.29, 1.82) is 0 Å². The Labute approximate surface area is 224 Å². The molecule has 0 amide bonds. The van der Waals surface area contributed by atoms with Crippen LogP contribution in [0.3, 0.4) is 0 Å². The molecule has 1 aliphatic heterocycles. The van der Waals surface area contributed by atoms with Crippen LogP contribution in [-0.2, 0) is 14.3 Å². The zero-order chi connectivity index (χ0) is 24.8. The lowest BCUT2D eigenvalue weighted by atomic mass is 9.41. The summed E-state index contributed by atoms with van der Waals surface area (Å²) < 4.78 is 8.00. The fraction of sp³-hybridized carbons (Fsp3) is 0.867. The van der Waals surface area contributed by atoms with Crippen LogP contribution < -0.4 is 0 Å². The number of rotatable bonds is 7. The number of hydrogen-bond donors (Lipinski definition) is 1. The number of ether oxygens (including phenoxy) is 1. The maximum absolute atomic E-state index is 13.8. The molecule has 0 aromatic rings. The molecule has 35 heavy (non-hydrogen) atoms. The monoisotopic (exact) mass is 594 g/mol. The van der Waals surface area contributed by atoms with Gasteiger partial charge in [-0.1, -0.05) is 87.1 Å². The first-order chi connectivity index (χ1) is 16.8. The highest BCUT2D eigenvalue weighted by Crippen LogP contribution is 2.84. The molecule has 10 atom stereocenters. The van der Waals surface area contributed by atoms with E-state index in [1.54, 1.807) is 0 Å². The third kappa shape index (κ3) is 2.95. The number of carbonyl (C=O) groups excluding carboxylic acids is 1. The fourth-order valence-electron chi connectivity index (χ4n) is 11.1. The molecule has 4 saturated carbocycles. The van der Waals surface area contributed by atoms with E-state index in [0.717, 1.165) is 54.3 Å². The van der Waals surface area contributed by atoms with Crippen molar-refractivity contribution in [3.05, 3.63) is 11.6 Å². The molecule has 4 bridgehead atoms. The molecule has 1 N–H and O–H groups in total. The topological polar surface area (TPSA) is 63.6 Å². The van der Waals surface area contributed by atoms with Gasteiger partial charge in [-0.25, -0.2) is 0 Å². The minimum atomic E-state index is -1.10. The van der Waals surface area contributed by atoms with Crippen LogP contribution in [0.2, 0.25) is 0 Å². The minimum absolute atomic E-state index is 0.0576. The van der Waals surface area contributed by atoms with Crippen LogP contribution in [0.4, 0.5) is 0 Å². The summed E-state index contributed by atoms with van der Waals surface area (Å²) in [6.45, 7) is 6.62. The number of carbonyl (C=O) groups is 2. The molecule has 1 heterocycles. The Balaban J connectivity index is 1.48. The van der Waals surface area contributed by atoms with Gasteiger partial charge in [-0.05, 0) is 73.5 Å². The van der Waals surface area contributed by atoms with Crippen molar-refractivity contribution in [3.8, 4) is 0 Å². The molecular formula is C30H43IO4. The number of allylic oxidation sites excluding steroid dienone is 1. The summed E-state index contributed by atoms with van der Waals surface area (Å²) in [7, 11) is 0. The second-order valence-corrected chi connectivity index (χ2v) is 14.5. The minimum Gasteiger partial charge on any atom is -0.481 e. The summed E-state index contributed by atoms with van der Waals surface area (Å²) in [4.78, 5) is 27.1. The van der Waals surface area contributed by atoms with Gasteiger partial charge in [0.2, 0.25) is 0 Å². The number of alkyl halides is 1. The third-order valence-corrected chi connectivity index (χ3v) is 13.1. The van der Waals surface area contributed by atoms with Crippen LogP contribution in [0.1, 0.15) is 85.0 Å². The summed E-state index contributed by atoms with van der Waals surface area (Å²) in [6.07, 6.45) is 15.0. The highest BCUT2D eigenvalue weighted by Gasteiger charge is 2.86. The highest BCUT2D eigenvalue weighted by molar-refractivity contribution is 14.1. The van der Waals surface area contributed by atoms with Crippen molar-refractivity contribution in [3.63, 3.8) is 0 Å². The zero-order valence-corrected chi connectivity index (χ0v) is 23.8. The Morgan fingerprint density at radius 3 is 2.60 bits per heavy atom. The van der Waals surface area contributed by atoms with E-state index in [2.05, 4.69) is 49.4 Å². The average molecular weight is 595 g/mol. The first-order valence-electron chi connectivity index (χ1n) is 14.4. The largest absolute Gasteiger partial charge is 0.481 e. The number of halogens is 1. The normalized spacial score (nSPS) is 50.7. The van der Waals surface area contributed by atoms with Crippen molar-refractivity contribution >= 4 is 34.8 Å². The van der Waals surface area contributed by atoms with Gasteiger partial charge < -0.3 is 14.6 Å². The Morgan fingerprint density at radius 1 is 1.23 bits per heavy atom. The quantitative estimate of drug-likeness (QED) is 0.154. The van der Waals surface area contributed by atoms with Gasteiger partial charge in [-0.15, -0.1) is 0 Å². The van der Waals surface area contributed by atoms with E-state index < -0.39 is 22.2 Å². The summed E-state index contributed by atoms with van der Waals surface area (Å²) >= 11 is 2.48. The van der Waals surface area contributed by atoms with Crippen LogP contribution >= 0.6 is 22.6 Å². The molecular weight excluding hydrogens is 551 g/mol. The van der Waals surface area contributed by atoms with E-state index in [-0.39, 0.29) is 30.0 Å². The van der Waals surface area contributed by atoms with Crippen molar-refractivity contribution in [2.45, 2.75) is 97.2 Å². The lowest BCUT2D eigenvalue weighted by molar-refractivity contribution is -0.196. The van der Waals surface area contributed by atoms with Gasteiger partial charge >= 0.3 is 5.97 Å². The number of aldehydes is 1. The summed E-state index contributed by atoms with van der Waals surface area (Å²) in [6, 6.07) is 0. The number of fused-ring (bicyclic) bond motifs is 2. The lowest BCUT2D eigenvalue weighted by Gasteiger charge is -2.60. The van der Waals surface area contributed by atoms with Gasteiger partial charge in [-0.2, -0.15) is 0 Å². The number of carboxylic acids is 1. The molecule has 4 nitrogen and oxygen atoms in total. The van der Waals surface area contributed by atoms with Gasteiger partial charge in [0, 0.05) is 9.84 Å². The van der Waals surface area contributed by atoms with Gasteiger partial charge in [-0.3, -0.25) is 4.79 Å². The van der Waals surface area contributed by atoms with Crippen LogP contribution in [0.5, 0.6) is 0 Å². The smallest absolute Gasteiger partial charge is 0.315 e. The van der Waals surface area contributed by atoms with Crippen LogP contribution in [0, 0.1) is 57.7 Å². The molecule has 5 heteroatoms. The first-order valence-corrected chi connectivity index (χ1v) is 15.9. The van der Waals surface area contributed by atoms with E-state index in [4.69, 9.17) is 4.74 Å². The Morgan fingerprint density at radius 2 is 1.97 bits per heavy atom. The third-order valence-electron chi connectivity index (χ3n) is 12.2. The van der Waals surface area contributed by atoms with Gasteiger partial charge in [0.1, 0.15) is 11.7 Å². The van der Waals surface area contributed by atoms with E-state index in [1.807, 2.05) is 0 Å². The van der Waals surface area contributed by atoms with Crippen molar-refractivity contribution < 1.29 is 19.4 Å². The van der Waals surface area contributed by atoms with E-state index in [9.17, 15) is 14.7 Å². The molecule has 0 aromatic carbocycles. The second kappa shape index (κ2) is 8.54. The summed E-state index contributed by atoms with van der Waals surface area (Å²) in [5.74, 6) is 2.05. The van der Waals surface area contributed by atoms with Crippen LogP contribution in [-0.4, -0.2) is 34.0 Å². The van der Waals surface area contributed by atoms with E-state index in [1.165, 1.54) is 32.1 Å². The molecule has 0 aromatic heterocycles. The Kier molecular flexibility index (Phi) is 6.07. The maximum Gasteiger partial charge on any atom is 0.315 e. The standard InChI is InChI=1S/C30H43IO4/c1-17(2)24-12-21-13-28(16-32)23-9-8-18(3)22(23)14-29(21,30(24,28)27(33)34)26-11-20(25(15-31)35-26)10-19-6-4-5-7-19/h12,16-23,25-26H,4-11,13-15H2,1-3H3,(H,33,34)/t18-,20-,21?,22-,23-,25-,26+,28?,29?,30+/m1/s1. The summed E-state index contributed by atoms with van der Waals surface area (Å²) in [5, 5.41) is 11.3. The maximum atomic E-state index is 13.8. The van der Waals surface area contributed by atoms with Gasteiger partial charge in [0.15, 0.2) is 0 Å². The lowest BCUT2D eigenvalue weighted by Crippen LogP contribution is -2.65. The Hall–Kier alpha value is -0.430. The molecule has 5 fully saturated rings. The number of carboxylic acid groups (broad SMARTS) is 1. The van der Waals surface area contributed by atoms with E-state index in [0.29, 0.717) is 17.8 Å². The second-order valence-electron chi connectivity index (χ2n) is 13.6. The van der Waals surface area contributed by atoms with Gasteiger partial charge in [0.25, 0.3) is 0 Å². The first kappa shape index (κ1) is 24.9. The SMILES string of the molecule is CC(C)C1=CC2CC3(C=O)[C@@H]4CC[C@@H](C)[C@H]4CC2([C@@H]2C[C@@H](CC4CCCC4)[C@@H](CI)O2)[C@]13C(=O)O. The molecule has 5 aliphatic carbocycles. The predicted molar refractivity (Wildman–Crippen MR) is 144 cm³/mol. The van der Waals surface area contributed by atoms with Crippen LogP contribution in [0.15, 0.2) is 11.6 Å². The van der Waals surface area contributed by atoms with E-state index >= 15 is 0 Å². The fourth-order valence-corrected chi connectivity index (χ4v) is 12.0. The predicted octanol–water partition coefficient (Wildman–Crippen LogP) is 6.70. The Bertz CT molecular complexity index is 923. The summed E-state index contributed by atoms with van der Waals surface area (Å²) in [5.41, 5.74) is -1.32. The van der Waals surface area contributed by atoms with Crippen LogP contribution in [0.25, 0.3) is 0 Å². The van der Waals surface area contributed by atoms with Crippen molar-refractivity contribution in [2.75, 3.05) is 4.43 Å². The number of aliphatic carboxylic acids is 1. The molecule has 1 saturated heterocycles. The van der Waals surface area contributed by atoms with Crippen molar-refractivity contribution in [1.82, 2.24) is 0 Å². The molecule has 194 valence electrons. The number of hydrogen-bond acceptors (Lipinski definition) is 3. The highest BCUT2D eigenvalue weighted by atomic mass is 127. The van der Waals surface area contributed by atoms with Crippen molar-refractivity contribution in [2.24, 2.45) is 57.7 Å². The molecule has 6 aliphatic rings. The molecule has 0 radical (unpaired) electrons. The average Bonchev–Trinajstić information content (AvgIpc) is 3.63. The molecule has 0 spiro atoms. The molecule has 6 rings (SSSR count). The van der Waals surface area contributed by atoms with Gasteiger partial charge in [0.05, 0.1) is 17.6 Å².